The van der Waals surface area contributed by atoms with Crippen LogP contribution in [0, 0.1) is 0 Å². The minimum absolute atomic E-state index is 0.0771. The predicted octanol–water partition coefficient (Wildman–Crippen LogP) is 1.33. The molecule has 21 heavy (non-hydrogen) atoms. The van der Waals surface area contributed by atoms with Gasteiger partial charge in [0, 0.05) is 18.5 Å². The molecule has 0 aromatic carbocycles. The van der Waals surface area contributed by atoms with Crippen LogP contribution in [0.2, 0.25) is 0 Å². The molecule has 0 aliphatic heterocycles. The summed E-state index contributed by atoms with van der Waals surface area (Å²) in [5.74, 6) is -0.254. The van der Waals surface area contributed by atoms with Gasteiger partial charge in [-0.2, -0.15) is 0 Å². The molecule has 0 bridgehead atoms. The smallest absolute Gasteiger partial charge is 0.267 e. The van der Waals surface area contributed by atoms with Crippen molar-refractivity contribution in [2.45, 2.75) is 6.42 Å². The Kier molecular flexibility index (Phi) is 5.85. The van der Waals surface area contributed by atoms with Crippen molar-refractivity contribution < 1.29 is 9.59 Å². The van der Waals surface area contributed by atoms with Crippen LogP contribution in [0.4, 0.5) is 5.13 Å². The highest BCUT2D eigenvalue weighted by Crippen LogP contribution is 2.18. The molecule has 0 unspecified atom stereocenters. The number of carbonyl (C=O) groups excluding carboxylic acids is 2. The van der Waals surface area contributed by atoms with Gasteiger partial charge >= 0.3 is 0 Å². The maximum Gasteiger partial charge on any atom is 0.267 e. The summed E-state index contributed by atoms with van der Waals surface area (Å²) in [6.07, 6.45) is 0.217. The van der Waals surface area contributed by atoms with Crippen LogP contribution in [0.25, 0.3) is 0 Å². The minimum Gasteiger partial charge on any atom is -0.354 e. The lowest BCUT2D eigenvalue weighted by molar-refractivity contribution is -0.120. The van der Waals surface area contributed by atoms with Gasteiger partial charge in [0.2, 0.25) is 5.91 Å². The molecule has 0 atom stereocenters. The van der Waals surface area contributed by atoms with Crippen molar-refractivity contribution >= 4 is 39.6 Å². The monoisotopic (exact) mass is 324 g/mol. The van der Waals surface area contributed by atoms with Crippen LogP contribution in [-0.2, 0) is 11.2 Å². The highest BCUT2D eigenvalue weighted by atomic mass is 32.1. The zero-order valence-electron chi connectivity index (χ0n) is 11.5. The fraction of sp³-hybridized carbons (Fsp3) is 0.308. The summed E-state index contributed by atoms with van der Waals surface area (Å²) in [5.41, 5.74) is 0.656. The van der Waals surface area contributed by atoms with E-state index in [0.717, 1.165) is 6.54 Å². The molecule has 112 valence electrons. The molecule has 3 N–H and O–H groups in total. The van der Waals surface area contributed by atoms with Gasteiger partial charge in [0.05, 0.1) is 17.0 Å². The molecule has 0 spiro atoms. The molecule has 0 aliphatic rings. The quantitative estimate of drug-likeness (QED) is 0.671. The van der Waals surface area contributed by atoms with E-state index >= 15 is 0 Å². The largest absolute Gasteiger partial charge is 0.354 e. The lowest BCUT2D eigenvalue weighted by Gasteiger charge is -2.02. The molecule has 2 aromatic heterocycles. The molecule has 2 amide bonds. The van der Waals surface area contributed by atoms with E-state index in [1.54, 1.807) is 11.4 Å². The third-order valence-corrected chi connectivity index (χ3v) is 4.23. The normalized spacial score (nSPS) is 10.3. The maximum absolute atomic E-state index is 11.9. The Morgan fingerprint density at radius 1 is 1.29 bits per heavy atom. The van der Waals surface area contributed by atoms with Crippen molar-refractivity contribution in [3.63, 3.8) is 0 Å². The lowest BCUT2D eigenvalue weighted by Crippen LogP contribution is -2.31. The number of anilines is 1. The van der Waals surface area contributed by atoms with Gasteiger partial charge in [-0.05, 0) is 18.5 Å². The fourth-order valence-corrected chi connectivity index (χ4v) is 2.89. The molecule has 2 rings (SSSR count). The number of nitrogens with one attached hydrogen (secondary N) is 3. The molecule has 2 heterocycles. The van der Waals surface area contributed by atoms with E-state index in [9.17, 15) is 9.59 Å². The van der Waals surface area contributed by atoms with Crippen LogP contribution in [0.15, 0.2) is 22.9 Å². The number of rotatable bonds is 7. The minimum atomic E-state index is -0.177. The number of thiophene rings is 1. The number of nitrogens with zero attached hydrogens (tertiary/aromatic N) is 1. The van der Waals surface area contributed by atoms with Crippen molar-refractivity contribution in [3.8, 4) is 0 Å². The summed E-state index contributed by atoms with van der Waals surface area (Å²) in [6, 6.07) is 3.58. The summed E-state index contributed by atoms with van der Waals surface area (Å²) in [5, 5.41) is 12.6. The number of hydrogen-bond acceptors (Lipinski definition) is 6. The number of hydrogen-bond donors (Lipinski definition) is 3. The van der Waals surface area contributed by atoms with Crippen LogP contribution in [0.5, 0.6) is 0 Å². The van der Waals surface area contributed by atoms with Crippen LogP contribution in [-0.4, -0.2) is 36.9 Å². The van der Waals surface area contributed by atoms with Gasteiger partial charge in [-0.3, -0.25) is 14.9 Å². The molecule has 8 heteroatoms. The SMILES string of the molecule is CNCCNC(=O)Cc1csc(NC(=O)c2cccs2)n1. The molecule has 0 fully saturated rings. The Morgan fingerprint density at radius 3 is 2.86 bits per heavy atom. The molecule has 0 saturated carbocycles. The van der Waals surface area contributed by atoms with Gasteiger partial charge in [-0.25, -0.2) is 4.98 Å². The van der Waals surface area contributed by atoms with Crippen molar-refractivity contribution in [1.82, 2.24) is 15.6 Å². The lowest BCUT2D eigenvalue weighted by atomic mass is 10.3. The van der Waals surface area contributed by atoms with Crippen molar-refractivity contribution in [1.29, 1.82) is 0 Å². The Labute approximate surface area is 130 Å². The Morgan fingerprint density at radius 2 is 2.14 bits per heavy atom. The zero-order chi connectivity index (χ0) is 15.1. The van der Waals surface area contributed by atoms with E-state index in [0.29, 0.717) is 22.2 Å². The molecular weight excluding hydrogens is 308 g/mol. The van der Waals surface area contributed by atoms with E-state index < -0.39 is 0 Å². The van der Waals surface area contributed by atoms with Crippen LogP contribution in [0.1, 0.15) is 15.4 Å². The molecule has 6 nitrogen and oxygen atoms in total. The first-order chi connectivity index (χ1) is 10.2. The van der Waals surface area contributed by atoms with E-state index in [1.807, 2.05) is 18.5 Å². The fourth-order valence-electron chi connectivity index (χ4n) is 1.57. The number of carbonyl (C=O) groups is 2. The highest BCUT2D eigenvalue weighted by Gasteiger charge is 2.11. The number of aromatic nitrogens is 1. The van der Waals surface area contributed by atoms with E-state index in [2.05, 4.69) is 20.9 Å². The van der Waals surface area contributed by atoms with E-state index in [4.69, 9.17) is 0 Å². The Balaban J connectivity index is 1.84. The molecule has 0 aliphatic carbocycles. The van der Waals surface area contributed by atoms with Crippen molar-refractivity contribution in [2.75, 3.05) is 25.5 Å². The van der Waals surface area contributed by atoms with Crippen molar-refractivity contribution in [3.05, 3.63) is 33.5 Å². The third kappa shape index (κ3) is 4.92. The van der Waals surface area contributed by atoms with Gasteiger partial charge in [0.25, 0.3) is 5.91 Å². The Bertz CT molecular complexity index is 595. The van der Waals surface area contributed by atoms with Gasteiger partial charge in [-0.1, -0.05) is 6.07 Å². The van der Waals surface area contributed by atoms with Gasteiger partial charge in [0.1, 0.15) is 0 Å². The predicted molar refractivity (Wildman–Crippen MR) is 85.0 cm³/mol. The summed E-state index contributed by atoms with van der Waals surface area (Å²) >= 11 is 2.69. The highest BCUT2D eigenvalue weighted by molar-refractivity contribution is 7.14. The number of thiazole rings is 1. The first kappa shape index (κ1) is 15.6. The van der Waals surface area contributed by atoms with Crippen LogP contribution in [0.3, 0.4) is 0 Å². The zero-order valence-corrected chi connectivity index (χ0v) is 13.1. The van der Waals surface area contributed by atoms with Crippen LogP contribution >= 0.6 is 22.7 Å². The second-order valence-corrected chi connectivity index (χ2v) is 6.01. The van der Waals surface area contributed by atoms with Gasteiger partial charge < -0.3 is 10.6 Å². The van der Waals surface area contributed by atoms with E-state index in [-0.39, 0.29) is 18.2 Å². The summed E-state index contributed by atoms with van der Waals surface area (Å²) in [7, 11) is 1.83. The maximum atomic E-state index is 11.9. The summed E-state index contributed by atoms with van der Waals surface area (Å²) < 4.78 is 0. The first-order valence-corrected chi connectivity index (χ1v) is 8.15. The number of likely N-dealkylation sites (N-methyl/N-ethyl adjacent to an activating group) is 1. The standard InChI is InChI=1S/C13H16N4O2S2/c1-14-4-5-15-11(18)7-9-8-21-13(16-9)17-12(19)10-3-2-6-20-10/h2-3,6,8,14H,4-5,7H2,1H3,(H,15,18)(H,16,17,19). The second-order valence-electron chi connectivity index (χ2n) is 4.21. The van der Waals surface area contributed by atoms with E-state index in [1.165, 1.54) is 22.7 Å². The van der Waals surface area contributed by atoms with Crippen LogP contribution < -0.4 is 16.0 Å². The average Bonchev–Trinajstić information content (AvgIpc) is 3.10. The van der Waals surface area contributed by atoms with Gasteiger partial charge in [-0.15, -0.1) is 22.7 Å². The topological polar surface area (TPSA) is 83.1 Å². The molecule has 0 saturated heterocycles. The number of amides is 2. The third-order valence-electron chi connectivity index (χ3n) is 2.56. The Hall–Kier alpha value is -1.77. The second kappa shape index (κ2) is 7.87. The average molecular weight is 324 g/mol. The summed E-state index contributed by atoms with van der Waals surface area (Å²) in [6.45, 7) is 1.31. The van der Waals surface area contributed by atoms with Gasteiger partial charge in [0.15, 0.2) is 5.13 Å². The summed E-state index contributed by atoms with van der Waals surface area (Å²) in [4.78, 5) is 28.4. The molecule has 0 radical (unpaired) electrons. The first-order valence-electron chi connectivity index (χ1n) is 6.39. The van der Waals surface area contributed by atoms with Crippen molar-refractivity contribution in [2.24, 2.45) is 0 Å². The molecular formula is C13H16N4O2S2. The molecule has 2 aromatic rings.